The van der Waals surface area contributed by atoms with E-state index >= 15 is 0 Å². The van der Waals surface area contributed by atoms with Crippen molar-refractivity contribution >= 4 is 29.1 Å². The number of halogens is 1. The first-order chi connectivity index (χ1) is 19.9. The molecule has 214 valence electrons. The SMILES string of the molecule is COc1cc(C(=O)N2CCCC(CC(=O)N3CCCCC3)c3cc(F)ccc32)ccc1NC(=O)c1ccccc1C. The first-order valence-electron chi connectivity index (χ1n) is 14.3. The first-order valence-corrected chi connectivity index (χ1v) is 14.3. The van der Waals surface area contributed by atoms with Gasteiger partial charge in [-0.3, -0.25) is 14.4 Å². The van der Waals surface area contributed by atoms with Crippen LogP contribution in [0.3, 0.4) is 0 Å². The summed E-state index contributed by atoms with van der Waals surface area (Å²) in [5.41, 5.74) is 3.55. The zero-order valence-corrected chi connectivity index (χ0v) is 23.6. The Bertz CT molecular complexity index is 1450. The number of likely N-dealkylation sites (tertiary alicyclic amines) is 1. The molecule has 1 fully saturated rings. The van der Waals surface area contributed by atoms with Gasteiger partial charge in [-0.25, -0.2) is 4.39 Å². The summed E-state index contributed by atoms with van der Waals surface area (Å²) in [4.78, 5) is 43.4. The molecule has 2 aliphatic rings. The largest absolute Gasteiger partial charge is 0.495 e. The molecule has 8 heteroatoms. The van der Waals surface area contributed by atoms with Crippen molar-refractivity contribution in [3.05, 3.63) is 88.7 Å². The lowest BCUT2D eigenvalue weighted by Gasteiger charge is -2.29. The average Bonchev–Trinajstić information content (AvgIpc) is 3.16. The van der Waals surface area contributed by atoms with Crippen LogP contribution in [-0.4, -0.2) is 49.4 Å². The lowest BCUT2D eigenvalue weighted by molar-refractivity contribution is -0.132. The number of amides is 3. The topological polar surface area (TPSA) is 79.0 Å². The van der Waals surface area contributed by atoms with Crippen LogP contribution in [0.4, 0.5) is 15.8 Å². The van der Waals surface area contributed by atoms with Gasteiger partial charge in [-0.1, -0.05) is 18.2 Å². The third-order valence-corrected chi connectivity index (χ3v) is 8.12. The predicted octanol–water partition coefficient (Wildman–Crippen LogP) is 6.32. The van der Waals surface area contributed by atoms with Gasteiger partial charge in [0.25, 0.3) is 11.8 Å². The minimum absolute atomic E-state index is 0.0951. The highest BCUT2D eigenvalue weighted by atomic mass is 19.1. The van der Waals surface area contributed by atoms with Gasteiger partial charge in [-0.15, -0.1) is 0 Å². The van der Waals surface area contributed by atoms with Gasteiger partial charge in [0, 0.05) is 42.9 Å². The Balaban J connectivity index is 1.39. The maximum absolute atomic E-state index is 14.5. The number of carbonyl (C=O) groups is 3. The van der Waals surface area contributed by atoms with Crippen molar-refractivity contribution < 1.29 is 23.5 Å². The maximum atomic E-state index is 14.5. The molecule has 0 radical (unpaired) electrons. The summed E-state index contributed by atoms with van der Waals surface area (Å²) in [6.45, 7) is 3.86. The summed E-state index contributed by atoms with van der Waals surface area (Å²) in [6, 6.07) is 16.7. The fourth-order valence-corrected chi connectivity index (χ4v) is 5.88. The Kier molecular flexibility index (Phi) is 8.67. The highest BCUT2D eigenvalue weighted by Crippen LogP contribution is 2.38. The number of ether oxygens (including phenoxy) is 1. The summed E-state index contributed by atoms with van der Waals surface area (Å²) in [5, 5.41) is 2.88. The number of benzene rings is 3. The molecule has 1 saturated heterocycles. The van der Waals surface area contributed by atoms with Crippen LogP contribution in [0.5, 0.6) is 5.75 Å². The second kappa shape index (κ2) is 12.5. The van der Waals surface area contributed by atoms with E-state index in [9.17, 15) is 18.8 Å². The smallest absolute Gasteiger partial charge is 0.258 e. The molecule has 3 amide bonds. The number of nitrogens with zero attached hydrogens (tertiary/aromatic N) is 2. The molecule has 0 bridgehead atoms. The number of hydrogen-bond acceptors (Lipinski definition) is 4. The van der Waals surface area contributed by atoms with Crippen LogP contribution in [0.1, 0.15) is 76.3 Å². The molecule has 2 heterocycles. The molecule has 1 unspecified atom stereocenters. The van der Waals surface area contributed by atoms with E-state index in [2.05, 4.69) is 5.32 Å². The molecule has 5 rings (SSSR count). The highest BCUT2D eigenvalue weighted by molar-refractivity contribution is 6.09. The molecule has 0 aromatic heterocycles. The Morgan fingerprint density at radius 2 is 1.73 bits per heavy atom. The summed E-state index contributed by atoms with van der Waals surface area (Å²) in [6.07, 6.45) is 4.85. The molecule has 2 aliphatic heterocycles. The Hall–Kier alpha value is -4.20. The number of piperidine rings is 1. The first kappa shape index (κ1) is 28.3. The lowest BCUT2D eigenvalue weighted by atomic mass is 9.90. The number of rotatable bonds is 6. The van der Waals surface area contributed by atoms with Gasteiger partial charge in [0.1, 0.15) is 11.6 Å². The van der Waals surface area contributed by atoms with E-state index in [1.807, 2.05) is 24.0 Å². The number of anilines is 2. The second-order valence-corrected chi connectivity index (χ2v) is 10.8. The number of hydrogen-bond donors (Lipinski definition) is 1. The zero-order chi connectivity index (χ0) is 28.9. The molecular formula is C33H36FN3O4. The fourth-order valence-electron chi connectivity index (χ4n) is 5.88. The summed E-state index contributed by atoms with van der Waals surface area (Å²) < 4.78 is 20.0. The van der Waals surface area contributed by atoms with Crippen LogP contribution in [-0.2, 0) is 4.79 Å². The number of methoxy groups -OCH3 is 1. The van der Waals surface area contributed by atoms with E-state index in [-0.39, 0.29) is 29.5 Å². The number of fused-ring (bicyclic) bond motifs is 1. The van der Waals surface area contributed by atoms with E-state index in [0.29, 0.717) is 59.6 Å². The van der Waals surface area contributed by atoms with E-state index < -0.39 is 0 Å². The van der Waals surface area contributed by atoms with Gasteiger partial charge >= 0.3 is 0 Å². The second-order valence-electron chi connectivity index (χ2n) is 10.8. The summed E-state index contributed by atoms with van der Waals surface area (Å²) in [7, 11) is 1.49. The quantitative estimate of drug-likeness (QED) is 0.385. The normalized spacial score (nSPS) is 16.9. The van der Waals surface area contributed by atoms with Gasteiger partial charge in [0.15, 0.2) is 0 Å². The predicted molar refractivity (Wildman–Crippen MR) is 157 cm³/mol. The van der Waals surface area contributed by atoms with Crippen LogP contribution < -0.4 is 15.0 Å². The highest BCUT2D eigenvalue weighted by Gasteiger charge is 2.30. The van der Waals surface area contributed by atoms with Gasteiger partial charge in [-0.05, 0) is 98.5 Å². The number of nitrogens with one attached hydrogen (secondary N) is 1. The standard InChI is InChI=1S/C33H36FN3O4/c1-22-9-4-5-11-26(22)32(39)35-28-14-12-24(19-30(28)41-2)33(40)37-18-8-10-23(27-21-25(34)13-15-29(27)37)20-31(38)36-16-6-3-7-17-36/h4-5,9,11-15,19,21,23H,3,6-8,10,16-18,20H2,1-2H3,(H,35,39). The molecular weight excluding hydrogens is 521 g/mol. The van der Waals surface area contributed by atoms with E-state index in [1.165, 1.54) is 19.2 Å². The summed E-state index contributed by atoms with van der Waals surface area (Å²) >= 11 is 0. The molecule has 1 atom stereocenters. The lowest BCUT2D eigenvalue weighted by Crippen LogP contribution is -2.36. The van der Waals surface area contributed by atoms with Gasteiger partial charge in [-0.2, -0.15) is 0 Å². The van der Waals surface area contributed by atoms with Crippen molar-refractivity contribution in [1.29, 1.82) is 0 Å². The Labute approximate surface area is 240 Å². The Morgan fingerprint density at radius 3 is 2.49 bits per heavy atom. The van der Waals surface area contributed by atoms with E-state index in [4.69, 9.17) is 4.74 Å². The molecule has 0 saturated carbocycles. The van der Waals surface area contributed by atoms with Crippen LogP contribution >= 0.6 is 0 Å². The molecule has 3 aromatic carbocycles. The minimum atomic E-state index is -0.385. The number of aryl methyl sites for hydroxylation is 1. The van der Waals surface area contributed by atoms with Gasteiger partial charge in [0.05, 0.1) is 12.8 Å². The monoisotopic (exact) mass is 557 g/mol. The minimum Gasteiger partial charge on any atom is -0.495 e. The van der Waals surface area contributed by atoms with Crippen LogP contribution in [0.2, 0.25) is 0 Å². The summed E-state index contributed by atoms with van der Waals surface area (Å²) in [5.74, 6) is -0.620. The maximum Gasteiger partial charge on any atom is 0.258 e. The van der Waals surface area contributed by atoms with Gasteiger partial charge in [0.2, 0.25) is 5.91 Å². The molecule has 41 heavy (non-hydrogen) atoms. The van der Waals surface area contributed by atoms with Crippen molar-refractivity contribution in [3.8, 4) is 5.75 Å². The van der Waals surface area contributed by atoms with Crippen LogP contribution in [0, 0.1) is 12.7 Å². The molecule has 7 nitrogen and oxygen atoms in total. The Morgan fingerprint density at radius 1 is 0.951 bits per heavy atom. The van der Waals surface area contributed by atoms with Crippen molar-refractivity contribution in [2.75, 3.05) is 37.0 Å². The molecule has 3 aromatic rings. The van der Waals surface area contributed by atoms with Gasteiger partial charge < -0.3 is 19.9 Å². The van der Waals surface area contributed by atoms with Crippen molar-refractivity contribution in [2.24, 2.45) is 0 Å². The zero-order valence-electron chi connectivity index (χ0n) is 23.6. The molecule has 1 N–H and O–H groups in total. The van der Waals surface area contributed by atoms with E-state index in [0.717, 1.165) is 37.9 Å². The molecule has 0 aliphatic carbocycles. The van der Waals surface area contributed by atoms with E-state index in [1.54, 1.807) is 41.3 Å². The van der Waals surface area contributed by atoms with Crippen molar-refractivity contribution in [3.63, 3.8) is 0 Å². The third-order valence-electron chi connectivity index (χ3n) is 8.12. The number of carbonyl (C=O) groups excluding carboxylic acids is 3. The van der Waals surface area contributed by atoms with Crippen LogP contribution in [0.15, 0.2) is 60.7 Å². The average molecular weight is 558 g/mol. The third kappa shape index (κ3) is 6.26. The van der Waals surface area contributed by atoms with Crippen molar-refractivity contribution in [2.45, 2.75) is 51.4 Å². The molecule has 0 spiro atoms. The fraction of sp³-hybridized carbons (Fsp3) is 0.364. The van der Waals surface area contributed by atoms with Crippen LogP contribution in [0.25, 0.3) is 0 Å². The van der Waals surface area contributed by atoms with Crippen molar-refractivity contribution in [1.82, 2.24) is 4.90 Å².